The molecule has 0 spiro atoms. The van der Waals surface area contributed by atoms with Crippen LogP contribution in [0.5, 0.6) is 23.0 Å². The van der Waals surface area contributed by atoms with E-state index in [2.05, 4.69) is 4.57 Å². The molecule has 0 aliphatic heterocycles. The number of nitrogens with zero attached hydrogens (tertiary/aromatic N) is 1. The lowest BCUT2D eigenvalue weighted by Crippen LogP contribution is -2.07. The summed E-state index contributed by atoms with van der Waals surface area (Å²) >= 11 is 0. The van der Waals surface area contributed by atoms with Gasteiger partial charge in [-0.05, 0) is 30.3 Å². The fourth-order valence-electron chi connectivity index (χ4n) is 2.65. The topological polar surface area (TPSA) is 41.9 Å². The molecule has 0 unspecified atom stereocenters. The van der Waals surface area contributed by atoms with Crippen molar-refractivity contribution in [3.05, 3.63) is 48.7 Å². The third-order valence-corrected chi connectivity index (χ3v) is 3.94. The number of ether oxygens (including phenoxy) is 4. The highest BCUT2D eigenvalue weighted by atomic mass is 16.5. The summed E-state index contributed by atoms with van der Waals surface area (Å²) in [4.78, 5) is 0. The molecule has 0 fully saturated rings. The van der Waals surface area contributed by atoms with E-state index in [1.165, 1.54) is 0 Å². The third kappa shape index (κ3) is 3.25. The monoisotopic (exact) mass is 327 g/mol. The molecule has 0 bridgehead atoms. The molecule has 3 aromatic rings. The van der Waals surface area contributed by atoms with Crippen LogP contribution < -0.4 is 18.9 Å². The van der Waals surface area contributed by atoms with Gasteiger partial charge in [0.25, 0.3) is 0 Å². The van der Waals surface area contributed by atoms with Gasteiger partial charge in [0.05, 0.1) is 33.4 Å². The smallest absolute Gasteiger partial charge is 0.131 e. The number of aromatic nitrogens is 1. The highest BCUT2D eigenvalue weighted by Crippen LogP contribution is 2.31. The average molecular weight is 327 g/mol. The molecule has 0 saturated heterocycles. The van der Waals surface area contributed by atoms with Crippen LogP contribution in [0.1, 0.15) is 0 Å². The van der Waals surface area contributed by atoms with E-state index in [1.807, 2.05) is 48.7 Å². The maximum absolute atomic E-state index is 5.80. The Balaban J connectivity index is 1.72. The molecule has 0 N–H and O–H groups in total. The van der Waals surface area contributed by atoms with Crippen molar-refractivity contribution in [2.75, 3.05) is 27.9 Å². The first kappa shape index (κ1) is 16.1. The summed E-state index contributed by atoms with van der Waals surface area (Å²) in [7, 11) is 4.97. The summed E-state index contributed by atoms with van der Waals surface area (Å²) in [6, 6.07) is 13.5. The SMILES string of the molecule is COc1ccc(OCCn2ccc3c(OC)cc(OC)cc32)cc1. The van der Waals surface area contributed by atoms with E-state index in [-0.39, 0.29) is 0 Å². The van der Waals surface area contributed by atoms with Gasteiger partial charge < -0.3 is 23.5 Å². The highest BCUT2D eigenvalue weighted by Gasteiger charge is 2.09. The van der Waals surface area contributed by atoms with Crippen molar-refractivity contribution >= 4 is 10.9 Å². The van der Waals surface area contributed by atoms with Crippen LogP contribution in [0.25, 0.3) is 10.9 Å². The van der Waals surface area contributed by atoms with E-state index in [9.17, 15) is 0 Å². The van der Waals surface area contributed by atoms with Crippen LogP contribution in [-0.2, 0) is 6.54 Å². The minimum Gasteiger partial charge on any atom is -0.497 e. The predicted octanol–water partition coefficient (Wildman–Crippen LogP) is 3.75. The second-order valence-electron chi connectivity index (χ2n) is 5.30. The summed E-state index contributed by atoms with van der Waals surface area (Å²) in [5.74, 6) is 3.22. The van der Waals surface area contributed by atoms with Crippen molar-refractivity contribution in [3.8, 4) is 23.0 Å². The van der Waals surface area contributed by atoms with Crippen molar-refractivity contribution in [3.63, 3.8) is 0 Å². The maximum Gasteiger partial charge on any atom is 0.131 e. The van der Waals surface area contributed by atoms with E-state index in [0.29, 0.717) is 6.61 Å². The van der Waals surface area contributed by atoms with Crippen molar-refractivity contribution in [2.45, 2.75) is 6.54 Å². The largest absolute Gasteiger partial charge is 0.497 e. The molecule has 3 rings (SSSR count). The molecule has 0 radical (unpaired) electrons. The summed E-state index contributed by atoms with van der Waals surface area (Å²) in [5, 5.41) is 1.06. The first-order chi connectivity index (χ1) is 11.7. The number of hydrogen-bond acceptors (Lipinski definition) is 4. The third-order valence-electron chi connectivity index (χ3n) is 3.94. The number of fused-ring (bicyclic) bond motifs is 1. The van der Waals surface area contributed by atoms with Crippen LogP contribution in [-0.4, -0.2) is 32.5 Å². The van der Waals surface area contributed by atoms with Crippen LogP contribution in [0.2, 0.25) is 0 Å². The number of rotatable bonds is 7. The normalized spacial score (nSPS) is 10.6. The Bertz CT molecular complexity index is 808. The molecule has 126 valence electrons. The molecule has 5 nitrogen and oxygen atoms in total. The minimum atomic E-state index is 0.565. The van der Waals surface area contributed by atoms with Crippen LogP contribution >= 0.6 is 0 Å². The van der Waals surface area contributed by atoms with Crippen LogP contribution in [0.4, 0.5) is 0 Å². The molecule has 0 atom stereocenters. The zero-order valence-electron chi connectivity index (χ0n) is 14.1. The summed E-state index contributed by atoms with van der Waals surface area (Å²) in [5.41, 5.74) is 1.06. The predicted molar refractivity (Wildman–Crippen MR) is 93.5 cm³/mol. The first-order valence-electron chi connectivity index (χ1n) is 7.73. The standard InChI is InChI=1S/C19H21NO4/c1-21-14-4-6-15(7-5-14)24-11-10-20-9-8-17-18(20)12-16(22-2)13-19(17)23-3/h4-9,12-13H,10-11H2,1-3H3. The van der Waals surface area contributed by atoms with Gasteiger partial charge in [-0.15, -0.1) is 0 Å². The Morgan fingerprint density at radius 1 is 0.792 bits per heavy atom. The van der Waals surface area contributed by atoms with Crippen molar-refractivity contribution in [1.29, 1.82) is 0 Å². The molecule has 5 heteroatoms. The lowest BCUT2D eigenvalue weighted by molar-refractivity contribution is 0.299. The van der Waals surface area contributed by atoms with Gasteiger partial charge in [-0.2, -0.15) is 0 Å². The second kappa shape index (κ2) is 7.17. The Morgan fingerprint density at radius 3 is 2.17 bits per heavy atom. The van der Waals surface area contributed by atoms with Gasteiger partial charge in [-0.3, -0.25) is 0 Å². The van der Waals surface area contributed by atoms with E-state index in [0.717, 1.165) is 40.4 Å². The molecule has 1 heterocycles. The number of methoxy groups -OCH3 is 3. The van der Waals surface area contributed by atoms with Crippen LogP contribution in [0, 0.1) is 0 Å². The minimum absolute atomic E-state index is 0.565. The number of hydrogen-bond donors (Lipinski definition) is 0. The maximum atomic E-state index is 5.80. The summed E-state index contributed by atoms with van der Waals surface area (Å²) in [6.45, 7) is 1.29. The van der Waals surface area contributed by atoms with Gasteiger partial charge in [0.2, 0.25) is 0 Å². The van der Waals surface area contributed by atoms with E-state index in [1.54, 1.807) is 21.3 Å². The molecule has 0 aliphatic rings. The molecule has 2 aromatic carbocycles. The number of benzene rings is 2. The van der Waals surface area contributed by atoms with Crippen LogP contribution in [0.3, 0.4) is 0 Å². The highest BCUT2D eigenvalue weighted by molar-refractivity contribution is 5.88. The Labute approximate surface area is 141 Å². The van der Waals surface area contributed by atoms with Gasteiger partial charge in [0, 0.05) is 23.7 Å². The molecule has 0 saturated carbocycles. The molecule has 0 aliphatic carbocycles. The summed E-state index contributed by atoms with van der Waals surface area (Å²) in [6.07, 6.45) is 2.03. The van der Waals surface area contributed by atoms with Gasteiger partial charge in [0.15, 0.2) is 0 Å². The molecular weight excluding hydrogens is 306 g/mol. The average Bonchev–Trinajstić information content (AvgIpc) is 3.04. The van der Waals surface area contributed by atoms with Crippen LogP contribution in [0.15, 0.2) is 48.7 Å². The fourth-order valence-corrected chi connectivity index (χ4v) is 2.65. The van der Waals surface area contributed by atoms with E-state index in [4.69, 9.17) is 18.9 Å². The molecule has 1 aromatic heterocycles. The lowest BCUT2D eigenvalue weighted by Gasteiger charge is -2.11. The second-order valence-corrected chi connectivity index (χ2v) is 5.30. The Morgan fingerprint density at radius 2 is 1.50 bits per heavy atom. The Kier molecular flexibility index (Phi) is 4.79. The summed E-state index contributed by atoms with van der Waals surface area (Å²) < 4.78 is 23.9. The zero-order chi connectivity index (χ0) is 16.9. The van der Waals surface area contributed by atoms with Crippen molar-refractivity contribution in [1.82, 2.24) is 4.57 Å². The lowest BCUT2D eigenvalue weighted by atomic mass is 10.2. The van der Waals surface area contributed by atoms with Gasteiger partial charge in [-0.25, -0.2) is 0 Å². The Hall–Kier alpha value is -2.82. The quantitative estimate of drug-likeness (QED) is 0.663. The molecule has 24 heavy (non-hydrogen) atoms. The van der Waals surface area contributed by atoms with Crippen molar-refractivity contribution in [2.24, 2.45) is 0 Å². The zero-order valence-corrected chi connectivity index (χ0v) is 14.1. The van der Waals surface area contributed by atoms with Crippen molar-refractivity contribution < 1.29 is 18.9 Å². The molecular formula is C19H21NO4. The van der Waals surface area contributed by atoms with Gasteiger partial charge >= 0.3 is 0 Å². The van der Waals surface area contributed by atoms with E-state index >= 15 is 0 Å². The van der Waals surface area contributed by atoms with Gasteiger partial charge in [0.1, 0.15) is 29.6 Å². The first-order valence-corrected chi connectivity index (χ1v) is 7.73. The van der Waals surface area contributed by atoms with E-state index < -0.39 is 0 Å². The molecule has 0 amide bonds. The van der Waals surface area contributed by atoms with Gasteiger partial charge in [-0.1, -0.05) is 0 Å². The fraction of sp³-hybridized carbons (Fsp3) is 0.263.